The number of phenolic OH excluding ortho intramolecular Hbond substituents is 1. The summed E-state index contributed by atoms with van der Waals surface area (Å²) in [6.07, 6.45) is 3.26. The van der Waals surface area contributed by atoms with E-state index >= 15 is 0 Å². The summed E-state index contributed by atoms with van der Waals surface area (Å²) in [5, 5.41) is 10.2. The molecule has 1 unspecified atom stereocenters. The Bertz CT molecular complexity index is 783. The SMILES string of the molecule is C=CC(=O)OC(CCCC)COc1ccc(C(=O)c2ccccc2)c(O)c1. The molecule has 0 amide bonds. The highest BCUT2D eigenvalue weighted by atomic mass is 16.6. The van der Waals surface area contributed by atoms with Gasteiger partial charge in [0.05, 0.1) is 5.56 Å². The summed E-state index contributed by atoms with van der Waals surface area (Å²) in [4.78, 5) is 23.9. The van der Waals surface area contributed by atoms with Crippen molar-refractivity contribution in [2.75, 3.05) is 6.61 Å². The Hall–Kier alpha value is -3.08. The van der Waals surface area contributed by atoms with Gasteiger partial charge < -0.3 is 14.6 Å². The molecule has 1 atom stereocenters. The lowest BCUT2D eigenvalue weighted by Gasteiger charge is -2.18. The lowest BCUT2D eigenvalue weighted by atomic mass is 10.0. The van der Waals surface area contributed by atoms with Crippen LogP contribution in [0.4, 0.5) is 0 Å². The van der Waals surface area contributed by atoms with Gasteiger partial charge in [-0.2, -0.15) is 0 Å². The number of carbonyl (C=O) groups is 2. The molecule has 2 aromatic rings. The fourth-order valence-corrected chi connectivity index (χ4v) is 2.55. The second kappa shape index (κ2) is 10.2. The number of unbranched alkanes of at least 4 members (excludes halogenated alkanes) is 1. The average molecular weight is 368 g/mol. The Morgan fingerprint density at radius 1 is 1.19 bits per heavy atom. The molecular weight excluding hydrogens is 344 g/mol. The van der Waals surface area contributed by atoms with E-state index in [-0.39, 0.29) is 23.7 Å². The highest BCUT2D eigenvalue weighted by molar-refractivity contribution is 6.10. The summed E-state index contributed by atoms with van der Waals surface area (Å²) >= 11 is 0. The van der Waals surface area contributed by atoms with Gasteiger partial charge in [0.1, 0.15) is 24.2 Å². The van der Waals surface area contributed by atoms with Crippen LogP contribution in [0.15, 0.2) is 61.2 Å². The normalized spacial score (nSPS) is 11.4. The highest BCUT2D eigenvalue weighted by Crippen LogP contribution is 2.26. The number of esters is 1. The van der Waals surface area contributed by atoms with E-state index in [4.69, 9.17) is 9.47 Å². The summed E-state index contributed by atoms with van der Waals surface area (Å²) in [5.41, 5.74) is 0.701. The first-order valence-electron chi connectivity index (χ1n) is 8.93. The van der Waals surface area contributed by atoms with Crippen molar-refractivity contribution in [2.24, 2.45) is 0 Å². The third-order valence-electron chi connectivity index (χ3n) is 4.01. The van der Waals surface area contributed by atoms with E-state index in [1.54, 1.807) is 30.3 Å². The number of carbonyl (C=O) groups excluding carboxylic acids is 2. The first kappa shape index (κ1) is 20.2. The van der Waals surface area contributed by atoms with Crippen LogP contribution >= 0.6 is 0 Å². The minimum atomic E-state index is -0.494. The molecule has 0 heterocycles. The van der Waals surface area contributed by atoms with Crippen LogP contribution in [0.2, 0.25) is 0 Å². The Labute approximate surface area is 159 Å². The standard InChI is InChI=1S/C22H24O5/c1-3-5-11-18(27-21(24)4-2)15-26-17-12-13-19(20(23)14-17)22(25)16-9-7-6-8-10-16/h4,6-10,12-14,18,23H,2-3,5,11,15H2,1H3. The van der Waals surface area contributed by atoms with Gasteiger partial charge in [-0.25, -0.2) is 4.79 Å². The molecule has 0 aliphatic carbocycles. The lowest BCUT2D eigenvalue weighted by molar-refractivity contribution is -0.144. The maximum absolute atomic E-state index is 12.4. The van der Waals surface area contributed by atoms with Crippen LogP contribution in [-0.2, 0) is 9.53 Å². The smallest absolute Gasteiger partial charge is 0.330 e. The van der Waals surface area contributed by atoms with Crippen molar-refractivity contribution in [3.63, 3.8) is 0 Å². The number of hydrogen-bond donors (Lipinski definition) is 1. The van der Waals surface area contributed by atoms with Gasteiger partial charge in [0.2, 0.25) is 0 Å². The monoisotopic (exact) mass is 368 g/mol. The fourth-order valence-electron chi connectivity index (χ4n) is 2.55. The molecule has 0 bridgehead atoms. The van der Waals surface area contributed by atoms with E-state index in [1.165, 1.54) is 12.1 Å². The van der Waals surface area contributed by atoms with Gasteiger partial charge in [-0.15, -0.1) is 0 Å². The number of aromatic hydroxyl groups is 1. The molecule has 27 heavy (non-hydrogen) atoms. The van der Waals surface area contributed by atoms with E-state index in [9.17, 15) is 14.7 Å². The van der Waals surface area contributed by atoms with Gasteiger partial charge in [-0.1, -0.05) is 50.3 Å². The summed E-state index contributed by atoms with van der Waals surface area (Å²) in [5.74, 6) is -0.519. The number of phenols is 1. The van der Waals surface area contributed by atoms with Gasteiger partial charge in [-0.3, -0.25) is 4.79 Å². The van der Waals surface area contributed by atoms with Crippen molar-refractivity contribution in [1.82, 2.24) is 0 Å². The number of ketones is 1. The first-order chi connectivity index (χ1) is 13.0. The van der Waals surface area contributed by atoms with Gasteiger partial charge in [0, 0.05) is 17.7 Å². The van der Waals surface area contributed by atoms with Crippen molar-refractivity contribution in [3.8, 4) is 11.5 Å². The Balaban J connectivity index is 2.04. The molecule has 1 N–H and O–H groups in total. The van der Waals surface area contributed by atoms with E-state index in [0.717, 1.165) is 18.9 Å². The highest BCUT2D eigenvalue weighted by Gasteiger charge is 2.16. The summed E-state index contributed by atoms with van der Waals surface area (Å²) < 4.78 is 10.9. The van der Waals surface area contributed by atoms with Gasteiger partial charge in [0.15, 0.2) is 5.78 Å². The quantitative estimate of drug-likeness (QED) is 0.385. The predicted molar refractivity (Wildman–Crippen MR) is 103 cm³/mol. The second-order valence-electron chi connectivity index (χ2n) is 6.09. The zero-order valence-corrected chi connectivity index (χ0v) is 15.4. The van der Waals surface area contributed by atoms with Gasteiger partial charge >= 0.3 is 5.97 Å². The zero-order chi connectivity index (χ0) is 19.6. The van der Waals surface area contributed by atoms with E-state index in [1.807, 2.05) is 13.0 Å². The van der Waals surface area contributed by atoms with E-state index in [0.29, 0.717) is 17.7 Å². The van der Waals surface area contributed by atoms with Crippen LogP contribution in [0.3, 0.4) is 0 Å². The Morgan fingerprint density at radius 2 is 1.93 bits per heavy atom. The minimum Gasteiger partial charge on any atom is -0.507 e. The van der Waals surface area contributed by atoms with E-state index < -0.39 is 12.1 Å². The lowest BCUT2D eigenvalue weighted by Crippen LogP contribution is -2.24. The molecule has 0 saturated heterocycles. The predicted octanol–water partition coefficient (Wildman–Crippen LogP) is 4.29. The maximum Gasteiger partial charge on any atom is 0.330 e. The topological polar surface area (TPSA) is 72.8 Å². The summed E-state index contributed by atoms with van der Waals surface area (Å²) in [6.45, 7) is 5.60. The molecule has 0 aromatic heterocycles. The number of rotatable bonds is 10. The van der Waals surface area contributed by atoms with Crippen molar-refractivity contribution < 1.29 is 24.2 Å². The first-order valence-corrected chi connectivity index (χ1v) is 8.93. The Kier molecular flexibility index (Phi) is 7.62. The number of hydrogen-bond acceptors (Lipinski definition) is 5. The van der Waals surface area contributed by atoms with E-state index in [2.05, 4.69) is 6.58 Å². The molecule has 0 fully saturated rings. The van der Waals surface area contributed by atoms with Crippen LogP contribution in [0.5, 0.6) is 11.5 Å². The molecule has 142 valence electrons. The van der Waals surface area contributed by atoms with Crippen molar-refractivity contribution in [2.45, 2.75) is 32.3 Å². The third kappa shape index (κ3) is 5.99. The minimum absolute atomic E-state index is 0.158. The van der Waals surface area contributed by atoms with Crippen LogP contribution in [0, 0.1) is 0 Å². The summed E-state index contributed by atoms with van der Waals surface area (Å²) in [7, 11) is 0. The second-order valence-corrected chi connectivity index (χ2v) is 6.09. The molecule has 0 radical (unpaired) electrons. The molecule has 2 aromatic carbocycles. The van der Waals surface area contributed by atoms with Crippen LogP contribution in [0.1, 0.15) is 42.1 Å². The van der Waals surface area contributed by atoms with Crippen molar-refractivity contribution in [1.29, 1.82) is 0 Å². The number of benzene rings is 2. The third-order valence-corrected chi connectivity index (χ3v) is 4.01. The van der Waals surface area contributed by atoms with Crippen molar-refractivity contribution in [3.05, 3.63) is 72.3 Å². The number of ether oxygens (including phenoxy) is 2. The molecule has 0 aliphatic heterocycles. The van der Waals surface area contributed by atoms with Crippen LogP contribution in [0.25, 0.3) is 0 Å². The molecule has 2 rings (SSSR count). The average Bonchev–Trinajstić information content (AvgIpc) is 2.70. The molecule has 5 nitrogen and oxygen atoms in total. The van der Waals surface area contributed by atoms with Crippen LogP contribution < -0.4 is 4.74 Å². The molecule has 0 saturated carbocycles. The van der Waals surface area contributed by atoms with Crippen LogP contribution in [-0.4, -0.2) is 29.6 Å². The molecule has 0 aliphatic rings. The maximum atomic E-state index is 12.4. The fraction of sp³-hybridized carbons (Fsp3) is 0.273. The molecule has 0 spiro atoms. The van der Waals surface area contributed by atoms with Gasteiger partial charge in [-0.05, 0) is 25.0 Å². The van der Waals surface area contributed by atoms with Crippen molar-refractivity contribution >= 4 is 11.8 Å². The van der Waals surface area contributed by atoms with Gasteiger partial charge in [0.25, 0.3) is 0 Å². The Morgan fingerprint density at radius 3 is 2.56 bits per heavy atom. The largest absolute Gasteiger partial charge is 0.507 e. The molecule has 5 heteroatoms. The molecular formula is C22H24O5. The zero-order valence-electron chi connectivity index (χ0n) is 15.4. The summed E-state index contributed by atoms with van der Waals surface area (Å²) in [6, 6.07) is 13.3.